The van der Waals surface area contributed by atoms with Gasteiger partial charge in [0.05, 0.1) is 13.1 Å². The molecule has 0 aromatic heterocycles. The van der Waals surface area contributed by atoms with Gasteiger partial charge in [0.15, 0.2) is 0 Å². The van der Waals surface area contributed by atoms with Crippen LogP contribution in [0.15, 0.2) is 30.3 Å². The Bertz CT molecular complexity index is 687. The van der Waals surface area contributed by atoms with Crippen molar-refractivity contribution in [3.63, 3.8) is 0 Å². The minimum absolute atomic E-state index is 0.00871. The molecule has 0 radical (unpaired) electrons. The van der Waals surface area contributed by atoms with Crippen LogP contribution in [-0.2, 0) is 14.3 Å². The van der Waals surface area contributed by atoms with Gasteiger partial charge in [-0.1, -0.05) is 18.2 Å². The molecule has 1 atom stereocenters. The predicted octanol–water partition coefficient (Wildman–Crippen LogP) is 1.75. The number of morpholine rings is 1. The number of rotatable bonds is 2. The molecule has 0 N–H and O–H groups in total. The number of piperidine rings is 2. The van der Waals surface area contributed by atoms with E-state index in [-0.39, 0.29) is 24.3 Å². The second kappa shape index (κ2) is 7.60. The van der Waals surface area contributed by atoms with Crippen molar-refractivity contribution in [1.29, 1.82) is 0 Å². The SMILES string of the molecule is CN1CCC(C(=O)N2CCCC3(C2)CN(c2ccccc2)C(=O)CO3)CC1. The van der Waals surface area contributed by atoms with Crippen molar-refractivity contribution in [2.45, 2.75) is 31.3 Å². The van der Waals surface area contributed by atoms with Crippen molar-refractivity contribution in [2.75, 3.05) is 51.3 Å². The first-order chi connectivity index (χ1) is 13.1. The fourth-order valence-corrected chi connectivity index (χ4v) is 4.60. The van der Waals surface area contributed by atoms with Crippen LogP contribution in [0.1, 0.15) is 25.7 Å². The molecule has 2 amide bonds. The van der Waals surface area contributed by atoms with Crippen molar-refractivity contribution in [2.24, 2.45) is 5.92 Å². The average Bonchev–Trinajstić information content (AvgIpc) is 2.71. The Balaban J connectivity index is 1.46. The van der Waals surface area contributed by atoms with Crippen LogP contribution in [0.5, 0.6) is 0 Å². The van der Waals surface area contributed by atoms with Crippen LogP contribution < -0.4 is 4.90 Å². The molecular weight excluding hydrogens is 342 g/mol. The van der Waals surface area contributed by atoms with Gasteiger partial charge >= 0.3 is 0 Å². The molecule has 3 aliphatic rings. The van der Waals surface area contributed by atoms with Gasteiger partial charge in [-0.15, -0.1) is 0 Å². The lowest BCUT2D eigenvalue weighted by atomic mass is 9.88. The molecule has 0 saturated carbocycles. The zero-order valence-corrected chi connectivity index (χ0v) is 16.1. The molecule has 6 nitrogen and oxygen atoms in total. The Morgan fingerprint density at radius 1 is 1.11 bits per heavy atom. The second-order valence-corrected chi connectivity index (χ2v) is 8.23. The predicted molar refractivity (Wildman–Crippen MR) is 104 cm³/mol. The van der Waals surface area contributed by atoms with Gasteiger partial charge in [0.2, 0.25) is 5.91 Å². The zero-order chi connectivity index (χ0) is 18.9. The Labute approximate surface area is 161 Å². The van der Waals surface area contributed by atoms with Crippen molar-refractivity contribution in [3.8, 4) is 0 Å². The van der Waals surface area contributed by atoms with Crippen LogP contribution in [0.3, 0.4) is 0 Å². The molecule has 6 heteroatoms. The molecule has 3 aliphatic heterocycles. The summed E-state index contributed by atoms with van der Waals surface area (Å²) in [5, 5.41) is 0. The quantitative estimate of drug-likeness (QED) is 0.795. The highest BCUT2D eigenvalue weighted by Crippen LogP contribution is 2.33. The fraction of sp³-hybridized carbons (Fsp3) is 0.619. The van der Waals surface area contributed by atoms with E-state index in [1.165, 1.54) is 0 Å². The number of nitrogens with zero attached hydrogens (tertiary/aromatic N) is 3. The van der Waals surface area contributed by atoms with Crippen LogP contribution in [0.2, 0.25) is 0 Å². The number of ether oxygens (including phenoxy) is 1. The smallest absolute Gasteiger partial charge is 0.253 e. The lowest BCUT2D eigenvalue weighted by Gasteiger charge is -2.48. The van der Waals surface area contributed by atoms with Gasteiger partial charge in [-0.25, -0.2) is 0 Å². The fourth-order valence-electron chi connectivity index (χ4n) is 4.60. The van der Waals surface area contributed by atoms with E-state index in [0.29, 0.717) is 13.1 Å². The molecule has 0 aliphatic carbocycles. The Hall–Kier alpha value is -1.92. The maximum Gasteiger partial charge on any atom is 0.253 e. The summed E-state index contributed by atoms with van der Waals surface area (Å²) in [7, 11) is 2.11. The number of para-hydroxylation sites is 1. The van der Waals surface area contributed by atoms with Gasteiger partial charge < -0.3 is 19.4 Å². The lowest BCUT2D eigenvalue weighted by molar-refractivity contribution is -0.156. The van der Waals surface area contributed by atoms with Crippen molar-refractivity contribution < 1.29 is 14.3 Å². The summed E-state index contributed by atoms with van der Waals surface area (Å²) >= 11 is 0. The maximum absolute atomic E-state index is 13.1. The van der Waals surface area contributed by atoms with Crippen molar-refractivity contribution in [3.05, 3.63) is 30.3 Å². The number of benzene rings is 1. The summed E-state index contributed by atoms with van der Waals surface area (Å²) in [6.45, 7) is 3.98. The van der Waals surface area contributed by atoms with Crippen LogP contribution in [0.4, 0.5) is 5.69 Å². The summed E-state index contributed by atoms with van der Waals surface area (Å²) < 4.78 is 6.06. The molecular formula is C21H29N3O3. The van der Waals surface area contributed by atoms with Crippen LogP contribution in [-0.4, -0.2) is 73.6 Å². The number of anilines is 1. The third kappa shape index (κ3) is 3.87. The molecule has 4 rings (SSSR count). The molecule has 146 valence electrons. The third-order valence-corrected chi connectivity index (χ3v) is 6.24. The van der Waals surface area contributed by atoms with Gasteiger partial charge in [0.1, 0.15) is 12.2 Å². The largest absolute Gasteiger partial charge is 0.361 e. The van der Waals surface area contributed by atoms with E-state index >= 15 is 0 Å². The topological polar surface area (TPSA) is 53.1 Å². The van der Waals surface area contributed by atoms with E-state index in [2.05, 4.69) is 11.9 Å². The maximum atomic E-state index is 13.1. The average molecular weight is 371 g/mol. The summed E-state index contributed by atoms with van der Waals surface area (Å²) in [5.74, 6) is 0.395. The molecule has 1 aromatic rings. The molecule has 1 unspecified atom stereocenters. The zero-order valence-electron chi connectivity index (χ0n) is 16.1. The van der Waals surface area contributed by atoms with Crippen molar-refractivity contribution in [1.82, 2.24) is 9.80 Å². The summed E-state index contributed by atoms with van der Waals surface area (Å²) in [5.41, 5.74) is 0.465. The number of carbonyl (C=O) groups excluding carboxylic acids is 2. The standard InChI is InChI=1S/C21H29N3O3/c1-22-12-8-17(9-13-22)20(26)23-11-5-10-21(15-23)16-24(19(25)14-27-21)18-6-3-2-4-7-18/h2-4,6-7,17H,5,8-16H2,1H3. The lowest BCUT2D eigenvalue weighted by Crippen LogP contribution is -2.62. The summed E-state index contributed by atoms with van der Waals surface area (Å²) in [6.07, 6.45) is 3.69. The molecule has 27 heavy (non-hydrogen) atoms. The number of hydrogen-bond donors (Lipinski definition) is 0. The van der Waals surface area contributed by atoms with Gasteiger partial charge in [-0.05, 0) is 58.0 Å². The van der Waals surface area contributed by atoms with E-state index in [0.717, 1.165) is 51.0 Å². The van der Waals surface area contributed by atoms with Gasteiger partial charge in [0, 0.05) is 18.2 Å². The Morgan fingerprint density at radius 2 is 1.85 bits per heavy atom. The minimum atomic E-state index is -0.441. The van der Waals surface area contributed by atoms with Gasteiger partial charge in [0.25, 0.3) is 5.91 Å². The molecule has 3 saturated heterocycles. The molecule has 3 heterocycles. The molecule has 1 spiro atoms. The number of likely N-dealkylation sites (tertiary alicyclic amines) is 2. The highest BCUT2D eigenvalue weighted by Gasteiger charge is 2.45. The number of carbonyl (C=O) groups is 2. The highest BCUT2D eigenvalue weighted by atomic mass is 16.5. The van der Waals surface area contributed by atoms with Gasteiger partial charge in [-0.2, -0.15) is 0 Å². The first kappa shape index (κ1) is 18.4. The summed E-state index contributed by atoms with van der Waals surface area (Å²) in [4.78, 5) is 31.6. The van der Waals surface area contributed by atoms with E-state index in [9.17, 15) is 9.59 Å². The molecule has 0 bridgehead atoms. The molecule has 1 aromatic carbocycles. The van der Waals surface area contributed by atoms with Crippen LogP contribution in [0, 0.1) is 5.92 Å². The highest BCUT2D eigenvalue weighted by molar-refractivity contribution is 5.95. The Morgan fingerprint density at radius 3 is 2.59 bits per heavy atom. The third-order valence-electron chi connectivity index (χ3n) is 6.24. The Kier molecular flexibility index (Phi) is 5.19. The van der Waals surface area contributed by atoms with Crippen LogP contribution in [0.25, 0.3) is 0 Å². The summed E-state index contributed by atoms with van der Waals surface area (Å²) in [6, 6.07) is 9.76. The first-order valence-corrected chi connectivity index (χ1v) is 10.0. The number of amides is 2. The minimum Gasteiger partial charge on any atom is -0.361 e. The number of hydrogen-bond acceptors (Lipinski definition) is 4. The van der Waals surface area contributed by atoms with E-state index in [1.54, 1.807) is 0 Å². The monoisotopic (exact) mass is 371 g/mol. The van der Waals surface area contributed by atoms with E-state index in [4.69, 9.17) is 4.74 Å². The first-order valence-electron chi connectivity index (χ1n) is 10.0. The van der Waals surface area contributed by atoms with Crippen LogP contribution >= 0.6 is 0 Å². The normalized spacial score (nSPS) is 28.0. The van der Waals surface area contributed by atoms with E-state index in [1.807, 2.05) is 40.1 Å². The second-order valence-electron chi connectivity index (χ2n) is 8.23. The van der Waals surface area contributed by atoms with Gasteiger partial charge in [-0.3, -0.25) is 9.59 Å². The van der Waals surface area contributed by atoms with E-state index < -0.39 is 5.60 Å². The van der Waals surface area contributed by atoms with Crippen molar-refractivity contribution >= 4 is 17.5 Å². The molecule has 3 fully saturated rings.